The summed E-state index contributed by atoms with van der Waals surface area (Å²) in [6.07, 6.45) is 3.42. The van der Waals surface area contributed by atoms with Gasteiger partial charge in [-0.3, -0.25) is 5.41 Å². The fourth-order valence-corrected chi connectivity index (χ4v) is 6.51. The van der Waals surface area contributed by atoms with Crippen LogP contribution >= 0.6 is 0 Å². The number of benzene rings is 1. The van der Waals surface area contributed by atoms with Crippen molar-refractivity contribution in [3.8, 4) is 5.75 Å². The van der Waals surface area contributed by atoms with Crippen molar-refractivity contribution in [2.45, 2.75) is 123 Å². The van der Waals surface area contributed by atoms with Crippen LogP contribution in [0.5, 0.6) is 5.75 Å². The van der Waals surface area contributed by atoms with E-state index < -0.39 is 27.3 Å². The second-order valence-electron chi connectivity index (χ2n) is 12.0. The van der Waals surface area contributed by atoms with Gasteiger partial charge in [-0.05, 0) is 90.8 Å². The van der Waals surface area contributed by atoms with Gasteiger partial charge in [0.05, 0.1) is 4.90 Å². The third-order valence-corrected chi connectivity index (χ3v) is 8.71. The zero-order valence-electron chi connectivity index (χ0n) is 24.8. The number of hydrogen-bond donors (Lipinski definition) is 4. The van der Waals surface area contributed by atoms with E-state index in [1.165, 1.54) is 0 Å². The average molecular weight is 553 g/mol. The van der Waals surface area contributed by atoms with Crippen molar-refractivity contribution in [1.82, 2.24) is 15.4 Å². The van der Waals surface area contributed by atoms with Crippen molar-refractivity contribution in [2.75, 3.05) is 6.54 Å². The summed E-state index contributed by atoms with van der Waals surface area (Å²) in [6.45, 7) is 19.4. The van der Waals surface area contributed by atoms with Crippen molar-refractivity contribution in [1.29, 1.82) is 5.41 Å². The molecule has 1 aromatic carbocycles. The van der Waals surface area contributed by atoms with E-state index in [4.69, 9.17) is 14.9 Å². The molecule has 0 radical (unpaired) electrons. The van der Waals surface area contributed by atoms with E-state index in [1.807, 2.05) is 41.5 Å². The summed E-state index contributed by atoms with van der Waals surface area (Å²) in [5.74, 6) is 0.895. The fraction of sp³-hybridized carbons (Fsp3) is 0.714. The van der Waals surface area contributed by atoms with Crippen molar-refractivity contribution >= 4 is 22.1 Å². The fourth-order valence-electron chi connectivity index (χ4n) is 4.99. The van der Waals surface area contributed by atoms with Gasteiger partial charge in [-0.15, -0.1) is 0 Å². The van der Waals surface area contributed by atoms with Crippen LogP contribution in [-0.2, 0) is 21.2 Å². The maximum absolute atomic E-state index is 13.4. The maximum Gasteiger partial charge on any atom is 0.407 e. The van der Waals surface area contributed by atoms with Gasteiger partial charge in [-0.25, -0.2) is 17.9 Å². The smallest absolute Gasteiger partial charge is 0.407 e. The first-order chi connectivity index (χ1) is 17.4. The average Bonchev–Trinajstić information content (AvgIpc) is 3.09. The highest BCUT2D eigenvalue weighted by molar-refractivity contribution is 7.90. The first-order valence-corrected chi connectivity index (χ1v) is 15.1. The van der Waals surface area contributed by atoms with Gasteiger partial charge in [-0.1, -0.05) is 26.7 Å². The second-order valence-corrected chi connectivity index (χ2v) is 13.6. The van der Waals surface area contributed by atoms with Crippen LogP contribution in [0.25, 0.3) is 0 Å². The van der Waals surface area contributed by atoms with Gasteiger partial charge in [-0.2, -0.15) is 0 Å². The van der Waals surface area contributed by atoms with Crippen LogP contribution in [0.3, 0.4) is 0 Å². The molecule has 1 unspecified atom stereocenters. The minimum absolute atomic E-state index is 0.168. The van der Waals surface area contributed by atoms with Crippen LogP contribution in [0.15, 0.2) is 4.90 Å². The molecule has 1 aliphatic heterocycles. The molecule has 0 aromatic heterocycles. The van der Waals surface area contributed by atoms with E-state index in [0.29, 0.717) is 36.4 Å². The lowest BCUT2D eigenvalue weighted by Gasteiger charge is -2.26. The molecule has 1 aliphatic rings. The number of alkyl carbamates (subject to hydrolysis) is 1. The summed E-state index contributed by atoms with van der Waals surface area (Å²) in [4.78, 5) is 12.6. The van der Waals surface area contributed by atoms with E-state index in [2.05, 4.69) is 29.2 Å². The molecule has 0 bridgehead atoms. The topological polar surface area (TPSA) is 130 Å². The molecule has 38 heavy (non-hydrogen) atoms. The highest BCUT2D eigenvalue weighted by atomic mass is 32.2. The highest BCUT2D eigenvalue weighted by Crippen LogP contribution is 2.43. The van der Waals surface area contributed by atoms with Gasteiger partial charge >= 0.3 is 6.09 Å². The summed E-state index contributed by atoms with van der Waals surface area (Å²) in [5, 5.41) is 14.1. The van der Waals surface area contributed by atoms with Crippen LogP contribution in [0.1, 0.15) is 96.4 Å². The Balaban J connectivity index is 2.10. The van der Waals surface area contributed by atoms with E-state index in [9.17, 15) is 13.2 Å². The van der Waals surface area contributed by atoms with Gasteiger partial charge in [0.1, 0.15) is 17.0 Å². The normalized spacial score (nSPS) is 15.4. The summed E-state index contributed by atoms with van der Waals surface area (Å²) in [7, 11) is -4.00. The van der Waals surface area contributed by atoms with Crippen molar-refractivity contribution in [3.63, 3.8) is 0 Å². The van der Waals surface area contributed by atoms with Crippen LogP contribution in [0, 0.1) is 32.1 Å². The predicted octanol–water partition coefficient (Wildman–Crippen LogP) is 5.24. The Bertz CT molecular complexity index is 1140. The van der Waals surface area contributed by atoms with E-state index in [1.54, 1.807) is 13.8 Å². The molecule has 9 nitrogen and oxygen atoms in total. The number of carbonyl (C=O) groups is 1. The molecular weight excluding hydrogens is 504 g/mol. The Morgan fingerprint density at radius 2 is 1.71 bits per heavy atom. The molecule has 2 rings (SSSR count). The van der Waals surface area contributed by atoms with Crippen LogP contribution in [0.2, 0.25) is 0 Å². The Hall–Kier alpha value is -2.49. The molecule has 1 atom stereocenters. The number of carbonyl (C=O) groups excluding carboxylic acids is 1. The molecule has 10 heteroatoms. The number of sulfonamides is 1. The molecule has 216 valence electrons. The summed E-state index contributed by atoms with van der Waals surface area (Å²) in [6, 6.07) is -0.168. The first-order valence-electron chi connectivity index (χ1n) is 13.6. The predicted molar refractivity (Wildman–Crippen MR) is 152 cm³/mol. The summed E-state index contributed by atoms with van der Waals surface area (Å²) >= 11 is 0. The zero-order chi connectivity index (χ0) is 29.1. The Labute approximate surface area is 229 Å². The number of nitrogens with one attached hydrogen (secondary N) is 4. The van der Waals surface area contributed by atoms with Crippen molar-refractivity contribution < 1.29 is 22.7 Å². The lowest BCUT2D eigenvalue weighted by molar-refractivity contribution is 0.0494. The second kappa shape index (κ2) is 12.1. The minimum Gasteiger partial charge on any atom is -0.487 e. The molecule has 1 heterocycles. The molecule has 0 aliphatic carbocycles. The summed E-state index contributed by atoms with van der Waals surface area (Å²) in [5.41, 5.74) is 1.97. The maximum atomic E-state index is 13.4. The Morgan fingerprint density at radius 3 is 2.26 bits per heavy atom. The number of amides is 1. The van der Waals surface area contributed by atoms with Crippen molar-refractivity contribution in [2.24, 2.45) is 5.92 Å². The number of rotatable bonds is 10. The largest absolute Gasteiger partial charge is 0.487 e. The van der Waals surface area contributed by atoms with Gasteiger partial charge in [0, 0.05) is 24.6 Å². The van der Waals surface area contributed by atoms with Gasteiger partial charge in [0.15, 0.2) is 0 Å². The third kappa shape index (κ3) is 8.25. The van der Waals surface area contributed by atoms with Gasteiger partial charge < -0.3 is 20.1 Å². The minimum atomic E-state index is -4.00. The summed E-state index contributed by atoms with van der Waals surface area (Å²) < 4.78 is 40.7. The monoisotopic (exact) mass is 552 g/mol. The number of ether oxygens (including phenoxy) is 2. The number of hydrogen-bond acceptors (Lipinski definition) is 6. The van der Waals surface area contributed by atoms with Crippen LogP contribution < -0.4 is 20.1 Å². The molecule has 0 saturated carbocycles. The van der Waals surface area contributed by atoms with Gasteiger partial charge in [0.25, 0.3) is 10.0 Å². The Morgan fingerprint density at radius 1 is 1.11 bits per heavy atom. The Kier molecular flexibility index (Phi) is 10.1. The lowest BCUT2D eigenvalue weighted by Crippen LogP contribution is -2.44. The molecule has 0 saturated heterocycles. The van der Waals surface area contributed by atoms with E-state index in [0.717, 1.165) is 36.1 Å². The van der Waals surface area contributed by atoms with Crippen LogP contribution in [0.4, 0.5) is 4.79 Å². The lowest BCUT2D eigenvalue weighted by atomic mass is 9.93. The van der Waals surface area contributed by atoms with Gasteiger partial charge in [0.2, 0.25) is 5.96 Å². The molecule has 1 amide bonds. The number of guanidine groups is 1. The quantitative estimate of drug-likeness (QED) is 0.232. The molecule has 0 fully saturated rings. The van der Waals surface area contributed by atoms with E-state index >= 15 is 0 Å². The van der Waals surface area contributed by atoms with E-state index in [-0.39, 0.29) is 16.9 Å². The molecule has 0 spiro atoms. The standard InChI is InChI=1S/C28H48N4O5S/c1-11-20(12-2)15-21(31-26(33)37-27(6,7)8)13-14-30-25(29)32-38(34,35)24-18(4)17(3)23-22(19(24)5)16-28(9,10)36-23/h20-21H,11-16H2,1-10H3,(H,31,33)(H3,29,30,32). The zero-order valence-corrected chi connectivity index (χ0v) is 25.7. The van der Waals surface area contributed by atoms with Crippen LogP contribution in [-0.4, -0.2) is 44.3 Å². The first kappa shape index (κ1) is 31.7. The highest BCUT2D eigenvalue weighted by Gasteiger charge is 2.36. The molecule has 4 N–H and O–H groups in total. The third-order valence-electron chi connectivity index (χ3n) is 7.09. The molecule has 1 aromatic rings. The SMILES string of the molecule is CCC(CC)CC(CCNC(=N)NS(=O)(=O)c1c(C)c(C)c2c(c1C)CC(C)(C)O2)NC(=O)OC(C)(C)C. The molecular formula is C28H48N4O5S. The van der Waals surface area contributed by atoms with Crippen molar-refractivity contribution in [3.05, 3.63) is 22.3 Å². The number of fused-ring (bicyclic) bond motifs is 1.